The number of carbonyl (C=O) groups is 2. The molecule has 0 atom stereocenters. The average Bonchev–Trinajstić information content (AvgIpc) is 3.18. The van der Waals surface area contributed by atoms with E-state index in [2.05, 4.69) is 22.5 Å². The van der Waals surface area contributed by atoms with Gasteiger partial charge in [0.05, 0.1) is 23.1 Å². The summed E-state index contributed by atoms with van der Waals surface area (Å²) < 4.78 is 16.2. The fraction of sp³-hybridized carbons (Fsp3) is 0.440. The number of piperidine rings is 1. The Labute approximate surface area is 188 Å². The third kappa shape index (κ3) is 4.21. The second kappa shape index (κ2) is 9.28. The molecule has 0 spiro atoms. The number of aromatic nitrogens is 1. The van der Waals surface area contributed by atoms with Crippen molar-refractivity contribution in [3.05, 3.63) is 51.9 Å². The monoisotopic (exact) mass is 438 g/mol. The summed E-state index contributed by atoms with van der Waals surface area (Å²) in [5.41, 5.74) is 2.28. The van der Waals surface area contributed by atoms with Crippen LogP contribution in [0.2, 0.25) is 0 Å². The molecular formula is C25H31FN4O2. The summed E-state index contributed by atoms with van der Waals surface area (Å²) >= 11 is 0. The van der Waals surface area contributed by atoms with Crippen LogP contribution >= 0.6 is 0 Å². The van der Waals surface area contributed by atoms with E-state index in [1.807, 2.05) is 24.6 Å². The molecule has 3 heterocycles. The molecule has 1 amide bonds. The third-order valence-electron chi connectivity index (χ3n) is 6.68. The van der Waals surface area contributed by atoms with Crippen molar-refractivity contribution in [1.82, 2.24) is 19.7 Å². The summed E-state index contributed by atoms with van der Waals surface area (Å²) in [4.78, 5) is 27.9. The Morgan fingerprint density at radius 2 is 2.06 bits per heavy atom. The summed E-state index contributed by atoms with van der Waals surface area (Å²) in [7, 11) is 1.74. The SMILES string of the molecule is CC(C)N(C)C(=O)c1cc(F)ccc1-n1cc(C2CCN(CC=O)CC2)c2c1=CNCC=2. The summed E-state index contributed by atoms with van der Waals surface area (Å²) in [6.07, 6.45) is 9.21. The van der Waals surface area contributed by atoms with Crippen molar-refractivity contribution in [3.8, 4) is 5.69 Å². The molecule has 1 saturated heterocycles. The summed E-state index contributed by atoms with van der Waals surface area (Å²) in [5, 5.41) is 5.43. The molecule has 0 aliphatic carbocycles. The zero-order valence-electron chi connectivity index (χ0n) is 19.0. The minimum atomic E-state index is -0.424. The molecule has 2 aromatic rings. The maximum Gasteiger partial charge on any atom is 0.256 e. The molecule has 7 heteroatoms. The highest BCUT2D eigenvalue weighted by atomic mass is 19.1. The van der Waals surface area contributed by atoms with Gasteiger partial charge >= 0.3 is 0 Å². The predicted molar refractivity (Wildman–Crippen MR) is 124 cm³/mol. The van der Waals surface area contributed by atoms with Gasteiger partial charge in [0.15, 0.2) is 0 Å². The molecule has 0 radical (unpaired) electrons. The first-order chi connectivity index (χ1) is 15.4. The molecule has 2 aliphatic rings. The lowest BCUT2D eigenvalue weighted by atomic mass is 9.90. The molecule has 4 rings (SSSR count). The second-order valence-corrected chi connectivity index (χ2v) is 8.92. The predicted octanol–water partition coefficient (Wildman–Crippen LogP) is 1.60. The molecular weight excluding hydrogens is 407 g/mol. The van der Waals surface area contributed by atoms with E-state index in [1.165, 1.54) is 22.9 Å². The number of hydrogen-bond acceptors (Lipinski definition) is 4. The Hall–Kier alpha value is -2.93. The number of hydrogen-bond donors (Lipinski definition) is 1. The van der Waals surface area contributed by atoms with Crippen molar-refractivity contribution in [3.63, 3.8) is 0 Å². The van der Waals surface area contributed by atoms with Gasteiger partial charge in [0, 0.05) is 37.2 Å². The molecule has 0 bridgehead atoms. The van der Waals surface area contributed by atoms with Gasteiger partial charge in [0.25, 0.3) is 5.91 Å². The van der Waals surface area contributed by atoms with Crippen LogP contribution in [0.1, 0.15) is 48.5 Å². The van der Waals surface area contributed by atoms with E-state index in [9.17, 15) is 14.0 Å². The van der Waals surface area contributed by atoms with Crippen molar-refractivity contribution >= 4 is 24.5 Å². The first-order valence-electron chi connectivity index (χ1n) is 11.3. The zero-order chi connectivity index (χ0) is 22.8. The number of carbonyl (C=O) groups excluding carboxylic acids is 2. The van der Waals surface area contributed by atoms with E-state index < -0.39 is 5.82 Å². The standard InChI is InChI=1S/C25H31FN4O2/c1-17(2)28(3)25(32)21-14-19(26)4-5-23(21)30-16-22(20-6-9-27-15-24(20)30)18-7-10-29(11-8-18)12-13-31/h4-6,13-18,27H,7-12H2,1-3H3. The molecule has 2 aliphatic heterocycles. The Morgan fingerprint density at radius 1 is 1.31 bits per heavy atom. The number of likely N-dealkylation sites (tertiary alicyclic amines) is 1. The van der Waals surface area contributed by atoms with E-state index in [0.717, 1.165) is 44.1 Å². The largest absolute Gasteiger partial charge is 0.386 e. The highest BCUT2D eigenvalue weighted by Gasteiger charge is 2.25. The van der Waals surface area contributed by atoms with Gasteiger partial charge in [0.2, 0.25) is 0 Å². The number of fused-ring (bicyclic) bond motifs is 1. The van der Waals surface area contributed by atoms with Gasteiger partial charge in [-0.25, -0.2) is 4.39 Å². The van der Waals surface area contributed by atoms with Gasteiger partial charge in [-0.05, 0) is 69.5 Å². The Balaban J connectivity index is 1.79. The van der Waals surface area contributed by atoms with Crippen molar-refractivity contribution in [2.75, 3.05) is 33.2 Å². The molecule has 1 aromatic heterocycles. The number of amides is 1. The lowest BCUT2D eigenvalue weighted by molar-refractivity contribution is -0.109. The smallest absolute Gasteiger partial charge is 0.256 e. The molecule has 0 unspecified atom stereocenters. The van der Waals surface area contributed by atoms with Crippen LogP contribution in [0.25, 0.3) is 18.0 Å². The van der Waals surface area contributed by atoms with Crippen LogP contribution in [0.5, 0.6) is 0 Å². The van der Waals surface area contributed by atoms with Crippen LogP contribution in [0.4, 0.5) is 4.39 Å². The maximum atomic E-state index is 14.2. The number of benzene rings is 1. The molecule has 1 aromatic carbocycles. The van der Waals surface area contributed by atoms with Crippen LogP contribution in [-0.2, 0) is 4.79 Å². The summed E-state index contributed by atoms with van der Waals surface area (Å²) in [6, 6.07) is 4.44. The Kier molecular flexibility index (Phi) is 6.46. The summed E-state index contributed by atoms with van der Waals surface area (Å²) in [6.45, 7) is 6.90. The van der Waals surface area contributed by atoms with Gasteiger partial charge < -0.3 is 19.6 Å². The first-order valence-corrected chi connectivity index (χ1v) is 11.3. The van der Waals surface area contributed by atoms with Gasteiger partial charge in [-0.3, -0.25) is 9.69 Å². The normalized spacial score (nSPS) is 16.7. The average molecular weight is 439 g/mol. The molecule has 1 fully saturated rings. The van der Waals surface area contributed by atoms with Gasteiger partial charge in [0.1, 0.15) is 12.1 Å². The van der Waals surface area contributed by atoms with E-state index in [0.29, 0.717) is 23.7 Å². The number of nitrogens with one attached hydrogen (secondary N) is 1. The number of rotatable bonds is 6. The van der Waals surface area contributed by atoms with Crippen molar-refractivity contribution < 1.29 is 14.0 Å². The zero-order valence-corrected chi connectivity index (χ0v) is 19.0. The summed E-state index contributed by atoms with van der Waals surface area (Å²) in [5.74, 6) is -0.242. The van der Waals surface area contributed by atoms with Crippen LogP contribution in [0, 0.1) is 5.82 Å². The first kappa shape index (κ1) is 22.3. The van der Waals surface area contributed by atoms with Gasteiger partial charge in [-0.1, -0.05) is 6.08 Å². The topological polar surface area (TPSA) is 57.6 Å². The van der Waals surface area contributed by atoms with Crippen molar-refractivity contribution in [1.29, 1.82) is 0 Å². The van der Waals surface area contributed by atoms with Crippen molar-refractivity contribution in [2.24, 2.45) is 0 Å². The lowest BCUT2D eigenvalue weighted by Crippen LogP contribution is -2.39. The van der Waals surface area contributed by atoms with Gasteiger partial charge in [-0.15, -0.1) is 0 Å². The lowest BCUT2D eigenvalue weighted by Gasteiger charge is -2.30. The number of aldehydes is 1. The molecule has 6 nitrogen and oxygen atoms in total. The maximum absolute atomic E-state index is 14.2. The number of halogens is 1. The highest BCUT2D eigenvalue weighted by molar-refractivity contribution is 5.98. The van der Waals surface area contributed by atoms with E-state index >= 15 is 0 Å². The van der Waals surface area contributed by atoms with Crippen LogP contribution in [0.15, 0.2) is 24.4 Å². The fourth-order valence-electron chi connectivity index (χ4n) is 4.61. The molecule has 170 valence electrons. The van der Waals surface area contributed by atoms with E-state index in [4.69, 9.17) is 0 Å². The van der Waals surface area contributed by atoms with Crippen LogP contribution < -0.4 is 15.9 Å². The Bertz CT molecular complexity index is 1130. The highest BCUT2D eigenvalue weighted by Crippen LogP contribution is 2.27. The van der Waals surface area contributed by atoms with Gasteiger partial charge in [-0.2, -0.15) is 0 Å². The fourth-order valence-corrected chi connectivity index (χ4v) is 4.61. The van der Waals surface area contributed by atoms with E-state index in [1.54, 1.807) is 18.0 Å². The van der Waals surface area contributed by atoms with Crippen LogP contribution in [0.3, 0.4) is 0 Å². The minimum Gasteiger partial charge on any atom is -0.386 e. The van der Waals surface area contributed by atoms with E-state index in [-0.39, 0.29) is 11.9 Å². The quantitative estimate of drug-likeness (QED) is 0.696. The minimum absolute atomic E-state index is 0.00543. The third-order valence-corrected chi connectivity index (χ3v) is 6.68. The molecule has 1 N–H and O–H groups in total. The van der Waals surface area contributed by atoms with Crippen molar-refractivity contribution in [2.45, 2.75) is 38.6 Å². The molecule has 32 heavy (non-hydrogen) atoms. The second-order valence-electron chi connectivity index (χ2n) is 8.92. The number of nitrogens with zero attached hydrogens (tertiary/aromatic N) is 3. The molecule has 0 saturated carbocycles. The van der Waals surface area contributed by atoms with Crippen LogP contribution in [-0.4, -0.2) is 65.8 Å². The Morgan fingerprint density at radius 3 is 2.75 bits per heavy atom.